The van der Waals surface area contributed by atoms with Gasteiger partial charge in [0.1, 0.15) is 12.3 Å². The van der Waals surface area contributed by atoms with E-state index in [-0.39, 0.29) is 42.4 Å². The normalized spacial score (nSPS) is 13.1. The molecular formula is C26H28N4O5. The number of aromatic nitrogens is 2. The van der Waals surface area contributed by atoms with E-state index in [4.69, 9.17) is 9.84 Å². The van der Waals surface area contributed by atoms with Crippen molar-refractivity contribution >= 4 is 23.8 Å². The Balaban J connectivity index is 1.35. The van der Waals surface area contributed by atoms with Crippen molar-refractivity contribution in [3.63, 3.8) is 0 Å². The molecule has 0 aliphatic heterocycles. The van der Waals surface area contributed by atoms with Crippen molar-refractivity contribution in [3.05, 3.63) is 71.4 Å². The summed E-state index contributed by atoms with van der Waals surface area (Å²) in [7, 11) is 1.48. The fraction of sp³-hybridized carbons (Fsp3) is 0.308. The summed E-state index contributed by atoms with van der Waals surface area (Å²) in [6, 6.07) is 17.5. The number of alkyl carbamates (subject to hydrolysis) is 1. The molecule has 0 radical (unpaired) electrons. The fourth-order valence-electron chi connectivity index (χ4n) is 4.42. The molecule has 182 valence electrons. The topological polar surface area (TPSA) is 123 Å². The number of aryl methyl sites for hydroxylation is 1. The molecule has 0 bridgehead atoms. The Morgan fingerprint density at radius 2 is 1.66 bits per heavy atom. The van der Waals surface area contributed by atoms with Crippen molar-refractivity contribution in [1.82, 2.24) is 15.1 Å². The van der Waals surface area contributed by atoms with Gasteiger partial charge in [-0.2, -0.15) is 5.10 Å². The first-order valence-corrected chi connectivity index (χ1v) is 11.4. The summed E-state index contributed by atoms with van der Waals surface area (Å²) in [5.41, 5.74) is 4.50. The molecule has 3 aromatic rings. The van der Waals surface area contributed by atoms with E-state index in [1.165, 1.54) is 17.8 Å². The van der Waals surface area contributed by atoms with Crippen LogP contribution in [0.3, 0.4) is 0 Å². The molecule has 0 saturated carbocycles. The molecule has 3 N–H and O–H groups in total. The van der Waals surface area contributed by atoms with Crippen molar-refractivity contribution in [2.24, 2.45) is 18.9 Å². The second-order valence-corrected chi connectivity index (χ2v) is 8.89. The number of amides is 2. The Hall–Kier alpha value is -4.14. The van der Waals surface area contributed by atoms with Gasteiger partial charge in [0, 0.05) is 25.6 Å². The summed E-state index contributed by atoms with van der Waals surface area (Å²) in [4.78, 5) is 36.5. The highest BCUT2D eigenvalue weighted by atomic mass is 16.5. The number of carboxylic acids is 1. The Morgan fingerprint density at radius 1 is 1.06 bits per heavy atom. The third kappa shape index (κ3) is 5.03. The number of ether oxygens (including phenoxy) is 1. The molecule has 0 spiro atoms. The SMILES string of the molecule is CC(C)C(CNC(=O)OCC1c2ccccc2-c2ccccc21)C(=O)Nc1cc(C(=O)O)n(C)n1. The molecule has 1 aliphatic carbocycles. The number of nitrogens with zero attached hydrogens (tertiary/aromatic N) is 2. The largest absolute Gasteiger partial charge is 0.477 e. The number of fused-ring (bicyclic) bond motifs is 3. The van der Waals surface area contributed by atoms with Crippen LogP contribution in [0.25, 0.3) is 11.1 Å². The van der Waals surface area contributed by atoms with E-state index in [0.717, 1.165) is 22.3 Å². The average Bonchev–Trinajstić information content (AvgIpc) is 3.35. The van der Waals surface area contributed by atoms with Gasteiger partial charge in [0.05, 0.1) is 5.92 Å². The smallest absolute Gasteiger partial charge is 0.407 e. The summed E-state index contributed by atoms with van der Waals surface area (Å²) in [6.07, 6.45) is -0.601. The van der Waals surface area contributed by atoms with Gasteiger partial charge in [-0.25, -0.2) is 9.59 Å². The molecule has 2 amide bonds. The molecule has 4 rings (SSSR count). The highest BCUT2D eigenvalue weighted by Crippen LogP contribution is 2.44. The first kappa shape index (κ1) is 24.0. The zero-order chi connectivity index (χ0) is 25.1. The lowest BCUT2D eigenvalue weighted by atomic mass is 9.95. The molecule has 0 fully saturated rings. The van der Waals surface area contributed by atoms with Gasteiger partial charge in [0.2, 0.25) is 5.91 Å². The van der Waals surface area contributed by atoms with Crippen LogP contribution in [0.1, 0.15) is 41.4 Å². The molecular weight excluding hydrogens is 448 g/mol. The van der Waals surface area contributed by atoms with E-state index in [9.17, 15) is 14.4 Å². The number of rotatable bonds is 8. The molecule has 0 saturated heterocycles. The summed E-state index contributed by atoms with van der Waals surface area (Å²) in [5, 5.41) is 18.5. The Kier molecular flexibility index (Phi) is 6.86. The van der Waals surface area contributed by atoms with Crippen LogP contribution in [0.15, 0.2) is 54.6 Å². The Bertz CT molecular complexity index is 1220. The first-order chi connectivity index (χ1) is 16.8. The minimum absolute atomic E-state index is 0.0434. The van der Waals surface area contributed by atoms with Crippen LogP contribution in [-0.4, -0.2) is 46.0 Å². The molecule has 2 aromatic carbocycles. The van der Waals surface area contributed by atoms with Crippen molar-refractivity contribution in [2.75, 3.05) is 18.5 Å². The van der Waals surface area contributed by atoms with Crippen LogP contribution < -0.4 is 10.6 Å². The number of hydrogen-bond acceptors (Lipinski definition) is 5. The van der Waals surface area contributed by atoms with Gasteiger partial charge in [-0.1, -0.05) is 62.4 Å². The second-order valence-electron chi connectivity index (χ2n) is 8.89. The number of nitrogens with one attached hydrogen (secondary N) is 2. The first-order valence-electron chi connectivity index (χ1n) is 11.4. The summed E-state index contributed by atoms with van der Waals surface area (Å²) in [6.45, 7) is 3.98. The monoisotopic (exact) mass is 476 g/mol. The minimum atomic E-state index is -1.14. The van der Waals surface area contributed by atoms with Crippen molar-refractivity contribution in [1.29, 1.82) is 0 Å². The molecule has 9 nitrogen and oxygen atoms in total. The summed E-state index contributed by atoms with van der Waals surface area (Å²) in [5.74, 6) is -2.07. The summed E-state index contributed by atoms with van der Waals surface area (Å²) < 4.78 is 6.73. The van der Waals surface area contributed by atoms with Gasteiger partial charge < -0.3 is 20.5 Å². The van der Waals surface area contributed by atoms with Crippen LogP contribution in [0.2, 0.25) is 0 Å². The van der Waals surface area contributed by atoms with Gasteiger partial charge >= 0.3 is 12.1 Å². The van der Waals surface area contributed by atoms with Crippen molar-refractivity contribution in [3.8, 4) is 11.1 Å². The number of carbonyl (C=O) groups is 3. The molecule has 1 heterocycles. The van der Waals surface area contributed by atoms with E-state index in [2.05, 4.69) is 27.9 Å². The maximum absolute atomic E-state index is 12.8. The maximum Gasteiger partial charge on any atom is 0.407 e. The highest BCUT2D eigenvalue weighted by Gasteiger charge is 2.29. The predicted octanol–water partition coefficient (Wildman–Crippen LogP) is 3.87. The van der Waals surface area contributed by atoms with E-state index in [1.54, 1.807) is 0 Å². The van der Waals surface area contributed by atoms with Gasteiger partial charge in [-0.3, -0.25) is 9.48 Å². The molecule has 9 heteroatoms. The van der Waals surface area contributed by atoms with Crippen LogP contribution in [-0.2, 0) is 16.6 Å². The van der Waals surface area contributed by atoms with E-state index in [1.807, 2.05) is 50.2 Å². The zero-order valence-electron chi connectivity index (χ0n) is 19.8. The van der Waals surface area contributed by atoms with Crippen LogP contribution in [0, 0.1) is 11.8 Å². The van der Waals surface area contributed by atoms with E-state index in [0.29, 0.717) is 0 Å². The van der Waals surface area contributed by atoms with E-state index < -0.39 is 18.0 Å². The van der Waals surface area contributed by atoms with E-state index >= 15 is 0 Å². The number of benzene rings is 2. The fourth-order valence-corrected chi connectivity index (χ4v) is 4.42. The number of hydrogen-bond donors (Lipinski definition) is 3. The van der Waals surface area contributed by atoms with Gasteiger partial charge in [-0.05, 0) is 28.2 Å². The lowest BCUT2D eigenvalue weighted by molar-refractivity contribution is -0.120. The van der Waals surface area contributed by atoms with Crippen LogP contribution in [0.4, 0.5) is 10.6 Å². The molecule has 35 heavy (non-hydrogen) atoms. The second kappa shape index (κ2) is 10.0. The predicted molar refractivity (Wildman–Crippen MR) is 130 cm³/mol. The third-order valence-electron chi connectivity index (χ3n) is 6.30. The van der Waals surface area contributed by atoms with Crippen molar-refractivity contribution < 1.29 is 24.2 Å². The number of carbonyl (C=O) groups excluding carboxylic acids is 2. The zero-order valence-corrected chi connectivity index (χ0v) is 19.8. The maximum atomic E-state index is 12.8. The lowest BCUT2D eigenvalue weighted by Crippen LogP contribution is -2.38. The number of carboxylic acid groups (broad SMARTS) is 1. The Morgan fingerprint density at radius 3 is 2.20 bits per heavy atom. The van der Waals surface area contributed by atoms with Crippen LogP contribution >= 0.6 is 0 Å². The quantitative estimate of drug-likeness (QED) is 0.454. The number of anilines is 1. The third-order valence-corrected chi connectivity index (χ3v) is 6.30. The lowest BCUT2D eigenvalue weighted by Gasteiger charge is -2.20. The molecule has 1 atom stereocenters. The van der Waals surface area contributed by atoms with Gasteiger partial charge in [-0.15, -0.1) is 0 Å². The number of aromatic carboxylic acids is 1. The average molecular weight is 477 g/mol. The minimum Gasteiger partial charge on any atom is -0.477 e. The van der Waals surface area contributed by atoms with Gasteiger partial charge in [0.15, 0.2) is 5.82 Å². The van der Waals surface area contributed by atoms with Gasteiger partial charge in [0.25, 0.3) is 0 Å². The highest BCUT2D eigenvalue weighted by molar-refractivity contribution is 5.94. The van der Waals surface area contributed by atoms with Crippen LogP contribution in [0.5, 0.6) is 0 Å². The summed E-state index contributed by atoms with van der Waals surface area (Å²) >= 11 is 0. The van der Waals surface area contributed by atoms with Crippen molar-refractivity contribution in [2.45, 2.75) is 19.8 Å². The molecule has 1 aromatic heterocycles. The molecule has 1 aliphatic rings. The standard InChI is InChI=1S/C26H28N4O5/c1-15(2)20(24(31)28-23-12-22(25(32)33)30(3)29-23)13-27-26(34)35-14-21-18-10-6-4-8-16(18)17-9-5-7-11-19(17)21/h4-12,15,20-21H,13-14H2,1-3H3,(H,27,34)(H,32,33)(H,28,29,31). The molecule has 1 unspecified atom stereocenters. The Labute approximate surface area is 203 Å².